The second-order valence-electron chi connectivity index (χ2n) is 6.44. The first kappa shape index (κ1) is 20.9. The molecule has 1 aliphatic heterocycles. The molecule has 8 heteroatoms. The van der Waals surface area contributed by atoms with Crippen LogP contribution >= 0.6 is 0 Å². The van der Waals surface area contributed by atoms with Crippen LogP contribution in [0.5, 0.6) is 17.2 Å². The Balaban J connectivity index is 0.000000377. The predicted octanol–water partition coefficient (Wildman–Crippen LogP) is 3.19. The fourth-order valence-electron chi connectivity index (χ4n) is 2.93. The maximum Gasteiger partial charge on any atom is 0.414 e. The highest BCUT2D eigenvalue weighted by Crippen LogP contribution is 2.34. The number of benzene rings is 3. The lowest BCUT2D eigenvalue weighted by molar-refractivity contribution is -0.159. The Morgan fingerprint density at radius 1 is 0.967 bits per heavy atom. The van der Waals surface area contributed by atoms with Crippen molar-refractivity contribution >= 4 is 22.7 Å². The van der Waals surface area contributed by atoms with E-state index in [9.17, 15) is 0 Å². The molecule has 1 atom stereocenters. The topological polar surface area (TPSA) is 128 Å². The monoisotopic (exact) mass is 411 g/mol. The van der Waals surface area contributed by atoms with Gasteiger partial charge in [0.15, 0.2) is 11.5 Å². The third-order valence-electron chi connectivity index (χ3n) is 4.44. The first-order valence-corrected chi connectivity index (χ1v) is 9.17. The van der Waals surface area contributed by atoms with Crippen molar-refractivity contribution in [3.63, 3.8) is 0 Å². The van der Waals surface area contributed by atoms with Crippen molar-refractivity contribution in [3.05, 3.63) is 66.2 Å². The quantitative estimate of drug-likeness (QED) is 0.546. The smallest absolute Gasteiger partial charge is 0.414 e. The number of aliphatic carboxylic acids is 2. The maximum atomic E-state index is 9.10. The lowest BCUT2D eigenvalue weighted by atomic mass is 10.0. The van der Waals surface area contributed by atoms with Crippen LogP contribution in [0.15, 0.2) is 60.7 Å². The molecule has 0 saturated carbocycles. The van der Waals surface area contributed by atoms with Crippen LogP contribution in [0, 0.1) is 0 Å². The summed E-state index contributed by atoms with van der Waals surface area (Å²) < 4.78 is 16.7. The van der Waals surface area contributed by atoms with E-state index in [2.05, 4.69) is 18.2 Å². The Kier molecular flexibility index (Phi) is 6.71. The van der Waals surface area contributed by atoms with Gasteiger partial charge in [-0.1, -0.05) is 42.5 Å². The molecule has 0 radical (unpaired) electrons. The van der Waals surface area contributed by atoms with Gasteiger partial charge in [-0.25, -0.2) is 9.59 Å². The van der Waals surface area contributed by atoms with Crippen LogP contribution in [0.4, 0.5) is 0 Å². The second-order valence-corrected chi connectivity index (χ2v) is 6.44. The second kappa shape index (κ2) is 9.62. The first-order valence-electron chi connectivity index (χ1n) is 9.17. The van der Waals surface area contributed by atoms with Crippen molar-refractivity contribution in [3.8, 4) is 17.2 Å². The zero-order chi connectivity index (χ0) is 21.5. The fourth-order valence-corrected chi connectivity index (χ4v) is 2.93. The summed E-state index contributed by atoms with van der Waals surface area (Å²) in [6, 6.07) is 20.0. The summed E-state index contributed by atoms with van der Waals surface area (Å²) in [5.74, 6) is -1.22. The van der Waals surface area contributed by atoms with Gasteiger partial charge in [-0.2, -0.15) is 0 Å². The Hall–Kier alpha value is -3.78. The number of ether oxygens (including phenoxy) is 3. The molecule has 1 aliphatic rings. The summed E-state index contributed by atoms with van der Waals surface area (Å²) in [6.07, 6.45) is 0.725. The van der Waals surface area contributed by atoms with Crippen molar-refractivity contribution in [2.24, 2.45) is 5.73 Å². The molecule has 1 unspecified atom stereocenters. The summed E-state index contributed by atoms with van der Waals surface area (Å²) in [5, 5.41) is 17.1. The number of hydrogen-bond donors (Lipinski definition) is 3. The molecule has 156 valence electrons. The van der Waals surface area contributed by atoms with E-state index in [4.69, 9.17) is 39.7 Å². The molecule has 0 aliphatic carbocycles. The molecular formula is C22H21NO7. The van der Waals surface area contributed by atoms with Crippen LogP contribution in [0.25, 0.3) is 10.8 Å². The van der Waals surface area contributed by atoms with E-state index in [1.165, 1.54) is 5.39 Å². The van der Waals surface area contributed by atoms with Gasteiger partial charge in [0.05, 0.1) is 6.61 Å². The van der Waals surface area contributed by atoms with Gasteiger partial charge < -0.3 is 30.2 Å². The average molecular weight is 411 g/mol. The molecule has 8 nitrogen and oxygen atoms in total. The molecule has 0 amide bonds. The average Bonchev–Trinajstić information content (AvgIpc) is 3.22. The summed E-state index contributed by atoms with van der Waals surface area (Å²) in [5.41, 5.74) is 7.32. The Bertz CT molecular complexity index is 1030. The normalized spacial score (nSPS) is 12.6. The van der Waals surface area contributed by atoms with Crippen LogP contribution in [-0.2, 0) is 9.59 Å². The minimum Gasteiger partial charge on any atom is -0.493 e. The number of nitrogens with two attached hydrogens (primary N) is 1. The highest BCUT2D eigenvalue weighted by Gasteiger charge is 2.16. The maximum absolute atomic E-state index is 9.10. The van der Waals surface area contributed by atoms with E-state index in [1.54, 1.807) is 0 Å². The van der Waals surface area contributed by atoms with Crippen LogP contribution in [-0.4, -0.2) is 35.6 Å². The van der Waals surface area contributed by atoms with Crippen LogP contribution in [0.3, 0.4) is 0 Å². The van der Waals surface area contributed by atoms with Gasteiger partial charge in [-0.05, 0) is 29.1 Å². The number of fused-ring (bicyclic) bond motifs is 2. The highest BCUT2D eigenvalue weighted by atomic mass is 16.7. The van der Waals surface area contributed by atoms with E-state index in [-0.39, 0.29) is 12.8 Å². The lowest BCUT2D eigenvalue weighted by Gasteiger charge is -2.14. The molecule has 0 bridgehead atoms. The van der Waals surface area contributed by atoms with Crippen molar-refractivity contribution in [1.82, 2.24) is 0 Å². The van der Waals surface area contributed by atoms with Crippen LogP contribution in [0.2, 0.25) is 0 Å². The molecular weight excluding hydrogens is 390 g/mol. The molecule has 4 N–H and O–H groups in total. The molecule has 0 saturated heterocycles. The van der Waals surface area contributed by atoms with E-state index in [0.717, 1.165) is 34.6 Å². The number of carboxylic acid groups (broad SMARTS) is 2. The van der Waals surface area contributed by atoms with E-state index >= 15 is 0 Å². The van der Waals surface area contributed by atoms with Gasteiger partial charge in [0, 0.05) is 17.8 Å². The molecule has 3 aromatic carbocycles. The Morgan fingerprint density at radius 2 is 1.67 bits per heavy atom. The summed E-state index contributed by atoms with van der Waals surface area (Å²) in [7, 11) is 0. The molecule has 1 heterocycles. The zero-order valence-corrected chi connectivity index (χ0v) is 16.0. The molecule has 30 heavy (non-hydrogen) atoms. The molecule has 4 rings (SSSR count). The minimum atomic E-state index is -1.82. The molecule has 0 spiro atoms. The number of carbonyl (C=O) groups is 2. The number of rotatable bonds is 5. The minimum absolute atomic E-state index is 0.102. The Morgan fingerprint density at radius 3 is 2.43 bits per heavy atom. The van der Waals surface area contributed by atoms with Crippen molar-refractivity contribution in [1.29, 1.82) is 0 Å². The van der Waals surface area contributed by atoms with Gasteiger partial charge in [-0.15, -0.1) is 0 Å². The van der Waals surface area contributed by atoms with E-state index in [0.29, 0.717) is 6.61 Å². The van der Waals surface area contributed by atoms with Gasteiger partial charge in [0.2, 0.25) is 6.79 Å². The van der Waals surface area contributed by atoms with E-state index < -0.39 is 11.9 Å². The largest absolute Gasteiger partial charge is 0.493 e. The first-order chi connectivity index (χ1) is 14.5. The zero-order valence-electron chi connectivity index (χ0n) is 16.0. The van der Waals surface area contributed by atoms with Crippen LogP contribution in [0.1, 0.15) is 18.0 Å². The molecule has 0 aromatic heterocycles. The molecule has 3 aromatic rings. The lowest BCUT2D eigenvalue weighted by Crippen LogP contribution is -2.14. The number of carboxylic acids is 2. The van der Waals surface area contributed by atoms with E-state index in [1.807, 2.05) is 42.5 Å². The predicted molar refractivity (Wildman–Crippen MR) is 109 cm³/mol. The summed E-state index contributed by atoms with van der Waals surface area (Å²) >= 11 is 0. The van der Waals surface area contributed by atoms with Crippen molar-refractivity contribution in [2.45, 2.75) is 12.5 Å². The molecule has 0 fully saturated rings. The Labute approximate surface area is 172 Å². The number of hydrogen-bond acceptors (Lipinski definition) is 6. The SMILES string of the molecule is NC(CCOc1cccc2ccccc12)c1ccc2c(c1)OCO2.O=C(O)C(=O)O. The third kappa shape index (κ3) is 5.18. The third-order valence-corrected chi connectivity index (χ3v) is 4.44. The van der Waals surface area contributed by atoms with Gasteiger partial charge in [0.25, 0.3) is 0 Å². The van der Waals surface area contributed by atoms with Gasteiger partial charge >= 0.3 is 11.9 Å². The van der Waals surface area contributed by atoms with Gasteiger partial charge in [0.1, 0.15) is 5.75 Å². The standard InChI is InChI=1S/C20H19NO3.C2H2O4/c21-17(15-8-9-19-20(12-15)24-13-23-19)10-11-22-18-7-3-5-14-4-1-2-6-16(14)18;3-1(4)2(5)6/h1-9,12,17H,10-11,13,21H2;(H,3,4)(H,5,6). The highest BCUT2D eigenvalue weighted by molar-refractivity contribution is 6.27. The van der Waals surface area contributed by atoms with Crippen molar-refractivity contribution < 1.29 is 34.0 Å². The summed E-state index contributed by atoms with van der Waals surface area (Å²) in [6.45, 7) is 0.835. The van der Waals surface area contributed by atoms with Crippen molar-refractivity contribution in [2.75, 3.05) is 13.4 Å². The summed E-state index contributed by atoms with van der Waals surface area (Å²) in [4.78, 5) is 18.2. The van der Waals surface area contributed by atoms with Gasteiger partial charge in [-0.3, -0.25) is 0 Å². The van der Waals surface area contributed by atoms with Crippen LogP contribution < -0.4 is 19.9 Å². The fraction of sp³-hybridized carbons (Fsp3) is 0.182.